The van der Waals surface area contributed by atoms with Crippen LogP contribution in [0.3, 0.4) is 0 Å². The van der Waals surface area contributed by atoms with Gasteiger partial charge in [-0.2, -0.15) is 11.8 Å². The molecule has 2 unspecified atom stereocenters. The van der Waals surface area contributed by atoms with Crippen LogP contribution in [0.4, 0.5) is 0 Å². The van der Waals surface area contributed by atoms with Crippen molar-refractivity contribution in [1.82, 2.24) is 0 Å². The number of ether oxygens (including phenoxy) is 1. The summed E-state index contributed by atoms with van der Waals surface area (Å²) in [5.74, 6) is 2.08. The highest BCUT2D eigenvalue weighted by Crippen LogP contribution is 2.20. The lowest BCUT2D eigenvalue weighted by Gasteiger charge is -2.14. The summed E-state index contributed by atoms with van der Waals surface area (Å²) < 4.78 is 5.51. The van der Waals surface area contributed by atoms with Gasteiger partial charge in [-0.25, -0.2) is 0 Å². The van der Waals surface area contributed by atoms with E-state index in [1.807, 2.05) is 24.3 Å². The third-order valence-electron chi connectivity index (χ3n) is 2.60. The third kappa shape index (κ3) is 6.29. The zero-order valence-electron chi connectivity index (χ0n) is 11.3. The smallest absolute Gasteiger partial charge is 0.119 e. The first kappa shape index (κ1) is 16.3. The van der Waals surface area contributed by atoms with Crippen molar-refractivity contribution in [2.75, 3.05) is 24.7 Å². The van der Waals surface area contributed by atoms with Gasteiger partial charge in [0.05, 0.1) is 19.3 Å². The highest BCUT2D eigenvalue weighted by Gasteiger charge is 2.08. The second-order valence-corrected chi connectivity index (χ2v) is 5.47. The molecule has 0 aromatic heterocycles. The predicted octanol–water partition coefficient (Wildman–Crippen LogP) is 1.56. The van der Waals surface area contributed by atoms with E-state index in [0.29, 0.717) is 11.5 Å². The van der Waals surface area contributed by atoms with Crippen LogP contribution < -0.4 is 10.5 Å². The van der Waals surface area contributed by atoms with Gasteiger partial charge in [0, 0.05) is 17.5 Å². The predicted molar refractivity (Wildman–Crippen MR) is 79.6 cm³/mol. The molecule has 0 amide bonds. The Labute approximate surface area is 119 Å². The minimum Gasteiger partial charge on any atom is -0.494 e. The lowest BCUT2D eigenvalue weighted by Crippen LogP contribution is -2.18. The summed E-state index contributed by atoms with van der Waals surface area (Å²) in [5, 5.41) is 17.9. The topological polar surface area (TPSA) is 75.7 Å². The molecule has 0 fully saturated rings. The molecular weight excluding hydrogens is 262 g/mol. The van der Waals surface area contributed by atoms with Crippen LogP contribution in [-0.2, 0) is 0 Å². The zero-order valence-corrected chi connectivity index (χ0v) is 12.1. The minimum absolute atomic E-state index is 0.0730. The molecule has 4 N–H and O–H groups in total. The Kier molecular flexibility index (Phi) is 7.90. The quantitative estimate of drug-likeness (QED) is 0.642. The summed E-state index contributed by atoms with van der Waals surface area (Å²) in [7, 11) is 0. The fraction of sp³-hybridized carbons (Fsp3) is 0.571. The van der Waals surface area contributed by atoms with Gasteiger partial charge in [0.15, 0.2) is 0 Å². The van der Waals surface area contributed by atoms with Crippen molar-refractivity contribution in [3.05, 3.63) is 29.8 Å². The molecule has 5 heteroatoms. The molecule has 1 aromatic rings. The summed E-state index contributed by atoms with van der Waals surface area (Å²) in [5.41, 5.74) is 7.12. The van der Waals surface area contributed by atoms with Crippen molar-refractivity contribution in [2.24, 2.45) is 5.73 Å². The van der Waals surface area contributed by atoms with Crippen LogP contribution in [0, 0.1) is 0 Å². The Bertz CT molecular complexity index is 345. The zero-order chi connectivity index (χ0) is 14.1. The van der Waals surface area contributed by atoms with Crippen LogP contribution in [-0.4, -0.2) is 41.0 Å². The Morgan fingerprint density at radius 2 is 1.95 bits per heavy atom. The number of rotatable bonds is 9. The van der Waals surface area contributed by atoms with Gasteiger partial charge in [0.25, 0.3) is 0 Å². The molecule has 0 spiro atoms. The van der Waals surface area contributed by atoms with Crippen LogP contribution in [0.5, 0.6) is 5.75 Å². The first-order valence-corrected chi connectivity index (χ1v) is 7.67. The molecule has 19 heavy (non-hydrogen) atoms. The Morgan fingerprint density at radius 1 is 1.26 bits per heavy atom. The van der Waals surface area contributed by atoms with Gasteiger partial charge in [-0.15, -0.1) is 0 Å². The maximum Gasteiger partial charge on any atom is 0.119 e. The number of aliphatic hydroxyl groups excluding tert-OH is 2. The van der Waals surface area contributed by atoms with E-state index in [9.17, 15) is 5.11 Å². The van der Waals surface area contributed by atoms with E-state index in [4.69, 9.17) is 15.6 Å². The molecule has 0 radical (unpaired) electrons. The van der Waals surface area contributed by atoms with Crippen LogP contribution in [0.1, 0.15) is 24.9 Å². The first-order valence-electron chi connectivity index (χ1n) is 6.52. The Hall–Kier alpha value is -0.750. The van der Waals surface area contributed by atoms with Gasteiger partial charge < -0.3 is 20.7 Å². The summed E-state index contributed by atoms with van der Waals surface area (Å²) in [6, 6.07) is 7.73. The van der Waals surface area contributed by atoms with Crippen molar-refractivity contribution < 1.29 is 14.9 Å². The lowest BCUT2D eigenvalue weighted by molar-refractivity contribution is 0.113. The summed E-state index contributed by atoms with van der Waals surface area (Å²) in [6.45, 7) is 2.59. The van der Waals surface area contributed by atoms with E-state index < -0.39 is 6.10 Å². The van der Waals surface area contributed by atoms with E-state index in [1.54, 1.807) is 11.8 Å². The van der Waals surface area contributed by atoms with Gasteiger partial charge in [-0.1, -0.05) is 19.1 Å². The van der Waals surface area contributed by atoms with E-state index in [1.165, 1.54) is 0 Å². The van der Waals surface area contributed by atoms with E-state index in [-0.39, 0.29) is 12.6 Å². The van der Waals surface area contributed by atoms with Crippen LogP contribution in [0.25, 0.3) is 0 Å². The molecule has 0 aliphatic rings. The molecule has 2 atom stereocenters. The van der Waals surface area contributed by atoms with Crippen LogP contribution in [0.2, 0.25) is 0 Å². The van der Waals surface area contributed by atoms with E-state index >= 15 is 0 Å². The van der Waals surface area contributed by atoms with Gasteiger partial charge in [0.1, 0.15) is 5.75 Å². The first-order chi connectivity index (χ1) is 9.17. The molecule has 1 aromatic carbocycles. The molecule has 0 heterocycles. The molecular formula is C14H23NO3S. The fourth-order valence-electron chi connectivity index (χ4n) is 1.51. The second-order valence-electron chi connectivity index (χ2n) is 4.40. The average molecular weight is 285 g/mol. The molecule has 0 aliphatic heterocycles. The number of thioether (sulfide) groups is 1. The molecule has 0 saturated carbocycles. The number of hydrogen-bond acceptors (Lipinski definition) is 5. The van der Waals surface area contributed by atoms with Crippen LogP contribution in [0.15, 0.2) is 24.3 Å². The SMILES string of the molecule is CCCOc1ccc(C(N)CSCC(O)CO)cc1. The normalized spacial score (nSPS) is 14.1. The van der Waals surface area contributed by atoms with E-state index in [2.05, 4.69) is 6.92 Å². The van der Waals surface area contributed by atoms with Crippen molar-refractivity contribution in [2.45, 2.75) is 25.5 Å². The third-order valence-corrected chi connectivity index (χ3v) is 3.81. The Balaban J connectivity index is 2.37. The molecule has 108 valence electrons. The number of hydrogen-bond donors (Lipinski definition) is 3. The number of nitrogens with two attached hydrogens (primary N) is 1. The minimum atomic E-state index is -0.665. The molecule has 0 saturated heterocycles. The maximum atomic E-state index is 9.23. The van der Waals surface area contributed by atoms with Crippen LogP contribution >= 0.6 is 11.8 Å². The van der Waals surface area contributed by atoms with Crippen molar-refractivity contribution >= 4 is 11.8 Å². The fourth-order valence-corrected chi connectivity index (χ4v) is 2.47. The van der Waals surface area contributed by atoms with Gasteiger partial charge in [0.2, 0.25) is 0 Å². The molecule has 1 rings (SSSR count). The van der Waals surface area contributed by atoms with Crippen molar-refractivity contribution in [3.63, 3.8) is 0 Å². The summed E-state index contributed by atoms with van der Waals surface area (Å²) in [4.78, 5) is 0. The Morgan fingerprint density at radius 3 is 2.53 bits per heavy atom. The average Bonchev–Trinajstić information content (AvgIpc) is 2.45. The summed E-state index contributed by atoms with van der Waals surface area (Å²) in [6.07, 6.45) is 0.326. The highest BCUT2D eigenvalue weighted by atomic mass is 32.2. The van der Waals surface area contributed by atoms with E-state index in [0.717, 1.165) is 24.3 Å². The largest absolute Gasteiger partial charge is 0.494 e. The lowest BCUT2D eigenvalue weighted by atomic mass is 10.1. The monoisotopic (exact) mass is 285 g/mol. The maximum absolute atomic E-state index is 9.23. The molecule has 0 aliphatic carbocycles. The van der Waals surface area contributed by atoms with Gasteiger partial charge in [-0.05, 0) is 24.1 Å². The molecule has 4 nitrogen and oxygen atoms in total. The van der Waals surface area contributed by atoms with Gasteiger partial charge in [-0.3, -0.25) is 0 Å². The number of benzene rings is 1. The molecule has 0 bridgehead atoms. The van der Waals surface area contributed by atoms with Gasteiger partial charge >= 0.3 is 0 Å². The van der Waals surface area contributed by atoms with Crippen molar-refractivity contribution in [1.29, 1.82) is 0 Å². The highest BCUT2D eigenvalue weighted by molar-refractivity contribution is 7.99. The second kappa shape index (κ2) is 9.20. The number of aliphatic hydroxyl groups is 2. The van der Waals surface area contributed by atoms with Crippen molar-refractivity contribution in [3.8, 4) is 5.75 Å². The standard InChI is InChI=1S/C14H23NO3S/c1-2-7-18-13-5-3-11(4-6-13)14(15)10-19-9-12(17)8-16/h3-6,12,14,16-17H,2,7-10,15H2,1H3. The summed E-state index contributed by atoms with van der Waals surface area (Å²) >= 11 is 1.54.